The van der Waals surface area contributed by atoms with Crippen molar-refractivity contribution < 1.29 is 4.74 Å². The highest BCUT2D eigenvalue weighted by Gasteiger charge is 2.07. The number of aromatic amines is 1. The second-order valence-corrected chi connectivity index (χ2v) is 5.03. The summed E-state index contributed by atoms with van der Waals surface area (Å²) in [5.41, 5.74) is -0.192. The van der Waals surface area contributed by atoms with Crippen molar-refractivity contribution in [2.75, 3.05) is 18.5 Å². The number of nitrogens with one attached hydrogen (secondary N) is 2. The van der Waals surface area contributed by atoms with Crippen molar-refractivity contribution in [1.29, 1.82) is 0 Å². The van der Waals surface area contributed by atoms with Crippen LogP contribution in [0.1, 0.15) is 19.7 Å². The summed E-state index contributed by atoms with van der Waals surface area (Å²) >= 11 is 1.28. The topological polar surface area (TPSA) is 92.8 Å². The minimum Gasteiger partial charge on any atom is -0.374 e. The zero-order chi connectivity index (χ0) is 15.1. The van der Waals surface area contributed by atoms with Crippen LogP contribution in [0.25, 0.3) is 0 Å². The van der Waals surface area contributed by atoms with Gasteiger partial charge in [-0.1, -0.05) is 0 Å². The summed E-state index contributed by atoms with van der Waals surface area (Å²) in [7, 11) is 0. The quantitative estimate of drug-likeness (QED) is 0.594. The van der Waals surface area contributed by atoms with Gasteiger partial charge in [-0.3, -0.25) is 4.79 Å². The molecule has 0 saturated heterocycles. The van der Waals surface area contributed by atoms with E-state index in [2.05, 4.69) is 25.3 Å². The van der Waals surface area contributed by atoms with Crippen molar-refractivity contribution in [2.24, 2.45) is 0 Å². The lowest BCUT2D eigenvalue weighted by Gasteiger charge is -2.08. The van der Waals surface area contributed by atoms with Crippen molar-refractivity contribution in [3.8, 4) is 0 Å². The van der Waals surface area contributed by atoms with Crippen molar-refractivity contribution in [2.45, 2.75) is 30.6 Å². The van der Waals surface area contributed by atoms with Crippen LogP contribution < -0.4 is 10.9 Å². The van der Waals surface area contributed by atoms with Crippen LogP contribution in [0.2, 0.25) is 0 Å². The average Bonchev–Trinajstić information content (AvgIpc) is 2.45. The Morgan fingerprint density at radius 1 is 1.38 bits per heavy atom. The number of anilines is 1. The van der Waals surface area contributed by atoms with Crippen LogP contribution in [-0.4, -0.2) is 33.1 Å². The molecule has 0 aliphatic carbocycles. The highest BCUT2D eigenvalue weighted by molar-refractivity contribution is 7.99. The van der Waals surface area contributed by atoms with E-state index in [4.69, 9.17) is 4.74 Å². The van der Waals surface area contributed by atoms with E-state index in [0.29, 0.717) is 29.2 Å². The Morgan fingerprint density at radius 2 is 2.24 bits per heavy atom. The first kappa shape index (κ1) is 15.5. The predicted molar refractivity (Wildman–Crippen MR) is 80.5 cm³/mol. The normalized spacial score (nSPS) is 10.6. The lowest BCUT2D eigenvalue weighted by Crippen LogP contribution is -2.07. The Hall–Kier alpha value is -1.93. The molecule has 0 unspecified atom stereocenters. The molecule has 0 saturated carbocycles. The summed E-state index contributed by atoms with van der Waals surface area (Å²) in [6, 6.07) is 3.19. The average molecular weight is 307 g/mol. The van der Waals surface area contributed by atoms with Crippen LogP contribution in [0.4, 0.5) is 5.82 Å². The monoisotopic (exact) mass is 307 g/mol. The Balaban J connectivity index is 2.24. The molecule has 0 fully saturated rings. The molecular formula is C13H17N5O2S. The summed E-state index contributed by atoms with van der Waals surface area (Å²) in [6.45, 7) is 5.62. The molecule has 2 aromatic rings. The van der Waals surface area contributed by atoms with Crippen molar-refractivity contribution in [1.82, 2.24) is 19.9 Å². The second-order valence-electron chi connectivity index (χ2n) is 4.02. The van der Waals surface area contributed by atoms with Gasteiger partial charge >= 0.3 is 0 Å². The molecule has 0 bridgehead atoms. The fourth-order valence-electron chi connectivity index (χ4n) is 1.56. The fourth-order valence-corrected chi connectivity index (χ4v) is 2.34. The highest BCUT2D eigenvalue weighted by atomic mass is 32.2. The molecule has 2 N–H and O–H groups in total. The molecule has 0 aliphatic rings. The first-order chi connectivity index (χ1) is 10.2. The number of aromatic nitrogens is 4. The van der Waals surface area contributed by atoms with E-state index < -0.39 is 0 Å². The summed E-state index contributed by atoms with van der Waals surface area (Å²) in [6.07, 6.45) is 1.47. The van der Waals surface area contributed by atoms with E-state index in [1.807, 2.05) is 19.9 Å². The van der Waals surface area contributed by atoms with Gasteiger partial charge in [0.1, 0.15) is 17.5 Å². The van der Waals surface area contributed by atoms with Gasteiger partial charge in [-0.25, -0.2) is 15.0 Å². The maximum atomic E-state index is 11.3. The second kappa shape index (κ2) is 7.75. The standard InChI is InChI=1S/C13H17N5O2S/c1-3-14-9-7-12(17-10(16-9)8-20-4-2)21-13-15-6-5-11(19)18-13/h5-7H,3-4,8H2,1-2H3,(H,14,16,17)(H,15,18,19). The molecule has 0 aliphatic heterocycles. The maximum absolute atomic E-state index is 11.3. The van der Waals surface area contributed by atoms with Crippen molar-refractivity contribution in [3.63, 3.8) is 0 Å². The van der Waals surface area contributed by atoms with Gasteiger partial charge in [-0.15, -0.1) is 0 Å². The summed E-state index contributed by atoms with van der Waals surface area (Å²) in [4.78, 5) is 26.8. The lowest BCUT2D eigenvalue weighted by molar-refractivity contribution is 0.128. The molecule has 2 aromatic heterocycles. The zero-order valence-corrected chi connectivity index (χ0v) is 12.7. The summed E-state index contributed by atoms with van der Waals surface area (Å²) in [5.74, 6) is 1.32. The Labute approximate surface area is 126 Å². The fraction of sp³-hybridized carbons (Fsp3) is 0.385. The van der Waals surface area contributed by atoms with E-state index in [0.717, 1.165) is 12.4 Å². The number of nitrogens with zero attached hydrogens (tertiary/aromatic N) is 3. The molecule has 0 radical (unpaired) electrons. The zero-order valence-electron chi connectivity index (χ0n) is 11.9. The van der Waals surface area contributed by atoms with Gasteiger partial charge in [-0.05, 0) is 25.6 Å². The number of rotatable bonds is 7. The number of ether oxygens (including phenoxy) is 1. The first-order valence-electron chi connectivity index (χ1n) is 6.64. The smallest absolute Gasteiger partial charge is 0.251 e. The lowest BCUT2D eigenvalue weighted by atomic mass is 10.5. The Morgan fingerprint density at radius 3 is 2.95 bits per heavy atom. The van der Waals surface area contributed by atoms with Crippen LogP contribution >= 0.6 is 11.8 Å². The molecular weight excluding hydrogens is 290 g/mol. The molecule has 0 amide bonds. The molecule has 21 heavy (non-hydrogen) atoms. The molecule has 112 valence electrons. The van der Waals surface area contributed by atoms with Gasteiger partial charge in [0.25, 0.3) is 5.56 Å². The van der Waals surface area contributed by atoms with Gasteiger partial charge < -0.3 is 15.0 Å². The van der Waals surface area contributed by atoms with Crippen LogP contribution in [0, 0.1) is 0 Å². The number of hydrogen-bond acceptors (Lipinski definition) is 7. The molecule has 8 heteroatoms. The van der Waals surface area contributed by atoms with Crippen LogP contribution in [0.5, 0.6) is 0 Å². The molecule has 0 aromatic carbocycles. The molecule has 0 atom stereocenters. The van der Waals surface area contributed by atoms with E-state index in [1.54, 1.807) is 0 Å². The number of hydrogen-bond donors (Lipinski definition) is 2. The molecule has 0 spiro atoms. The molecule has 2 rings (SSSR count). The van der Waals surface area contributed by atoms with Crippen molar-refractivity contribution >= 4 is 17.6 Å². The SMILES string of the molecule is CCNc1cc(Sc2nccc(=O)[nH]2)nc(COCC)n1. The third-order valence-electron chi connectivity index (χ3n) is 2.39. The largest absolute Gasteiger partial charge is 0.374 e. The van der Waals surface area contributed by atoms with Gasteiger partial charge in [0.15, 0.2) is 11.0 Å². The van der Waals surface area contributed by atoms with Crippen LogP contribution in [0.15, 0.2) is 33.3 Å². The van der Waals surface area contributed by atoms with Gasteiger partial charge in [0.2, 0.25) is 0 Å². The molecule has 2 heterocycles. The first-order valence-corrected chi connectivity index (χ1v) is 7.45. The van der Waals surface area contributed by atoms with E-state index in [-0.39, 0.29) is 5.56 Å². The van der Waals surface area contributed by atoms with Gasteiger partial charge in [0, 0.05) is 31.5 Å². The Kier molecular flexibility index (Phi) is 5.70. The van der Waals surface area contributed by atoms with Crippen LogP contribution in [0.3, 0.4) is 0 Å². The maximum Gasteiger partial charge on any atom is 0.251 e. The van der Waals surface area contributed by atoms with Gasteiger partial charge in [0.05, 0.1) is 0 Å². The minimum absolute atomic E-state index is 0.192. The van der Waals surface area contributed by atoms with Crippen molar-refractivity contribution in [3.05, 3.63) is 34.5 Å². The summed E-state index contributed by atoms with van der Waals surface area (Å²) in [5, 5.41) is 4.34. The predicted octanol–water partition coefficient (Wildman–Crippen LogP) is 1.68. The summed E-state index contributed by atoms with van der Waals surface area (Å²) < 4.78 is 5.34. The van der Waals surface area contributed by atoms with E-state index in [1.165, 1.54) is 24.0 Å². The Bertz CT molecular complexity index is 646. The third-order valence-corrected chi connectivity index (χ3v) is 3.21. The van der Waals surface area contributed by atoms with Gasteiger partial charge in [-0.2, -0.15) is 0 Å². The number of H-pyrrole nitrogens is 1. The molecule has 7 nitrogen and oxygen atoms in total. The van der Waals surface area contributed by atoms with Crippen LogP contribution in [-0.2, 0) is 11.3 Å². The van der Waals surface area contributed by atoms with E-state index in [9.17, 15) is 4.79 Å². The minimum atomic E-state index is -0.192. The van der Waals surface area contributed by atoms with E-state index >= 15 is 0 Å². The highest BCUT2D eigenvalue weighted by Crippen LogP contribution is 2.23. The third kappa shape index (κ3) is 4.83.